The van der Waals surface area contributed by atoms with E-state index in [2.05, 4.69) is 217 Å². The number of hydrogen-bond donors (Lipinski definition) is 0. The van der Waals surface area contributed by atoms with Crippen LogP contribution in [0.1, 0.15) is 84.7 Å². The smallest absolute Gasteiger partial charge is 0.0609 e. The average Bonchev–Trinajstić information content (AvgIpc) is 3.79. The molecule has 0 N–H and O–H groups in total. The molecule has 0 amide bonds. The molecule has 0 aliphatic heterocycles. The second-order valence-corrected chi connectivity index (χ2v) is 18.4. The van der Waals surface area contributed by atoms with Gasteiger partial charge in [0, 0.05) is 28.1 Å². The van der Waals surface area contributed by atoms with Crippen LogP contribution in [0.15, 0.2) is 194 Å². The lowest BCUT2D eigenvalue weighted by atomic mass is 9.63. The van der Waals surface area contributed by atoms with Gasteiger partial charge in [-0.15, -0.1) is 0 Å². The van der Waals surface area contributed by atoms with Gasteiger partial charge in [0.2, 0.25) is 0 Å². The molecule has 0 radical (unpaired) electrons. The van der Waals surface area contributed by atoms with Gasteiger partial charge in [-0.3, -0.25) is 0 Å². The Kier molecular flexibility index (Phi) is 8.45. The lowest BCUT2D eigenvalue weighted by molar-refractivity contribution is 0.433. The molecule has 0 fully saturated rings. The van der Waals surface area contributed by atoms with E-state index in [1.165, 1.54) is 89.3 Å². The van der Waals surface area contributed by atoms with E-state index >= 15 is 0 Å². The maximum atomic E-state index is 4.64. The Labute approximate surface area is 351 Å². The number of hydrogen-bond acceptors (Lipinski definition) is 1. The second kappa shape index (κ2) is 13.4. The fourth-order valence-corrected chi connectivity index (χ4v) is 11.6. The highest BCUT2D eigenvalue weighted by Gasteiger charge is 2.59. The van der Waals surface area contributed by atoms with E-state index in [0.717, 1.165) is 12.0 Å². The number of nitrogens with zero attached hydrogens (tertiary/aromatic N) is 1. The van der Waals surface area contributed by atoms with Crippen molar-refractivity contribution in [3.8, 4) is 11.1 Å². The summed E-state index contributed by atoms with van der Waals surface area (Å²) in [6.07, 6.45) is 21.8. The van der Waals surface area contributed by atoms with E-state index < -0.39 is 5.41 Å². The van der Waals surface area contributed by atoms with Gasteiger partial charge in [-0.1, -0.05) is 198 Å². The van der Waals surface area contributed by atoms with Crippen LogP contribution in [-0.2, 0) is 22.7 Å². The Morgan fingerprint density at radius 2 is 1.42 bits per heavy atom. The molecule has 0 aromatic heterocycles. The van der Waals surface area contributed by atoms with E-state index in [4.69, 9.17) is 0 Å². The van der Waals surface area contributed by atoms with Crippen molar-refractivity contribution >= 4 is 16.8 Å². The van der Waals surface area contributed by atoms with E-state index in [1.807, 2.05) is 6.08 Å². The summed E-state index contributed by atoms with van der Waals surface area (Å²) < 4.78 is 0. The molecule has 0 bridgehead atoms. The first-order chi connectivity index (χ1) is 28.4. The first-order valence-electron chi connectivity index (χ1n) is 21.3. The Balaban J connectivity index is 1.27. The third-order valence-electron chi connectivity index (χ3n) is 14.1. The molecule has 1 nitrogen and oxygen atoms in total. The molecule has 3 unspecified atom stereocenters. The third-order valence-corrected chi connectivity index (χ3v) is 14.1. The fraction of sp³-hybridized carbons (Fsp3) is 0.207. The zero-order valence-electron chi connectivity index (χ0n) is 35.3. The molecule has 0 saturated heterocycles. The summed E-state index contributed by atoms with van der Waals surface area (Å²) >= 11 is 0. The van der Waals surface area contributed by atoms with Crippen LogP contribution < -0.4 is 4.90 Å². The predicted molar refractivity (Wildman–Crippen MR) is 251 cm³/mol. The van der Waals surface area contributed by atoms with Gasteiger partial charge in [-0.2, -0.15) is 0 Å². The van der Waals surface area contributed by atoms with Crippen LogP contribution in [0.2, 0.25) is 0 Å². The molecule has 59 heavy (non-hydrogen) atoms. The molecular weight excluding hydrogens is 711 g/mol. The molecule has 3 atom stereocenters. The van der Waals surface area contributed by atoms with Crippen LogP contribution in [0.5, 0.6) is 0 Å². The SMILES string of the molecule is C=C/C=C(C)\C=C1/Cc2ccc(C)cc2C12c1ccccc1C1=CC=CC(N(C3=C/C(C)(C)c4ccccc4C(=C)/C=C\3)c3ccc4c(c3)C(C)(C)c3ccccc3-4)C12. The standard InChI is InChI=1S/C58H53N/c1-9-17-37(2)32-41-34-40-28-26-38(3)33-52(40)58(41)51-24-15-12-20-46(51)48-21-16-25-54(55(48)58)59(43-29-27-39(4)44-18-10-13-22-49(44)56(5,6)36-43)42-30-31-47-45-19-11-14-23-50(45)57(7,8)53(47)35-42/h9-33,35-36,54-55H,1,4,34H2,2-3,5-8H3/b29-27-,37-17-,41-32+,43-36+. The highest BCUT2D eigenvalue weighted by Crippen LogP contribution is 2.65. The highest BCUT2D eigenvalue weighted by atomic mass is 15.2. The van der Waals surface area contributed by atoms with E-state index in [0.29, 0.717) is 0 Å². The topological polar surface area (TPSA) is 3.24 Å². The lowest BCUT2D eigenvalue weighted by Gasteiger charge is -2.46. The summed E-state index contributed by atoms with van der Waals surface area (Å²) in [5, 5.41) is 0. The van der Waals surface area contributed by atoms with Gasteiger partial charge in [-0.05, 0) is 111 Å². The first-order valence-corrected chi connectivity index (χ1v) is 21.3. The zero-order chi connectivity index (χ0) is 40.8. The largest absolute Gasteiger partial charge is 0.334 e. The Bertz CT molecular complexity index is 2820. The van der Waals surface area contributed by atoms with E-state index in [9.17, 15) is 0 Å². The number of anilines is 1. The Hall–Kier alpha value is -6.18. The highest BCUT2D eigenvalue weighted by molar-refractivity contribution is 5.89. The maximum Gasteiger partial charge on any atom is 0.0609 e. The lowest BCUT2D eigenvalue weighted by Crippen LogP contribution is -2.48. The van der Waals surface area contributed by atoms with E-state index in [-0.39, 0.29) is 22.8 Å². The van der Waals surface area contributed by atoms with Crippen molar-refractivity contribution < 1.29 is 0 Å². The molecule has 5 aromatic carbocycles. The van der Waals surface area contributed by atoms with Crippen LogP contribution >= 0.6 is 0 Å². The number of aryl methyl sites for hydroxylation is 1. The average molecular weight is 764 g/mol. The molecule has 290 valence electrons. The fourth-order valence-electron chi connectivity index (χ4n) is 11.6. The van der Waals surface area contributed by atoms with Gasteiger partial charge < -0.3 is 4.90 Å². The van der Waals surface area contributed by atoms with Gasteiger partial charge in [0.1, 0.15) is 0 Å². The molecule has 1 heteroatoms. The van der Waals surface area contributed by atoms with E-state index in [1.54, 1.807) is 0 Å². The van der Waals surface area contributed by atoms with Crippen molar-refractivity contribution in [3.63, 3.8) is 0 Å². The van der Waals surface area contributed by atoms with Gasteiger partial charge in [0.15, 0.2) is 0 Å². The maximum absolute atomic E-state index is 4.64. The van der Waals surface area contributed by atoms with Gasteiger partial charge >= 0.3 is 0 Å². The zero-order valence-corrected chi connectivity index (χ0v) is 35.3. The number of benzene rings is 5. The summed E-state index contributed by atoms with van der Waals surface area (Å²) in [5.74, 6) is 0.0764. The molecule has 0 heterocycles. The molecular formula is C58H53N. The molecule has 5 aromatic rings. The predicted octanol–water partition coefficient (Wildman–Crippen LogP) is 14.1. The van der Waals surface area contributed by atoms with Crippen LogP contribution in [-0.4, -0.2) is 6.04 Å². The Morgan fingerprint density at radius 1 is 0.729 bits per heavy atom. The first kappa shape index (κ1) is 37.1. The van der Waals surface area contributed by atoms with Crippen LogP contribution in [0.3, 0.4) is 0 Å². The Morgan fingerprint density at radius 3 is 2.20 bits per heavy atom. The van der Waals surface area contributed by atoms with Crippen LogP contribution in [0.25, 0.3) is 22.3 Å². The molecule has 10 rings (SSSR count). The minimum atomic E-state index is -0.391. The molecule has 0 saturated carbocycles. The number of fused-ring (bicyclic) bond motifs is 11. The second-order valence-electron chi connectivity index (χ2n) is 18.4. The van der Waals surface area contributed by atoms with Crippen LogP contribution in [0, 0.1) is 12.8 Å². The monoisotopic (exact) mass is 763 g/mol. The van der Waals surface area contributed by atoms with Gasteiger partial charge in [0.05, 0.1) is 11.5 Å². The molecule has 5 aliphatic carbocycles. The summed E-state index contributed by atoms with van der Waals surface area (Å²) in [4.78, 5) is 2.69. The molecule has 1 spiro atoms. The minimum absolute atomic E-state index is 0.0412. The molecule has 5 aliphatic rings. The van der Waals surface area contributed by atoms with Crippen molar-refractivity contribution in [2.45, 2.75) is 70.3 Å². The summed E-state index contributed by atoms with van der Waals surface area (Å²) in [6.45, 7) is 22.7. The van der Waals surface area contributed by atoms with Crippen molar-refractivity contribution in [1.29, 1.82) is 0 Å². The number of allylic oxidation sites excluding steroid dienone is 11. The quantitative estimate of drug-likeness (QED) is 0.161. The minimum Gasteiger partial charge on any atom is -0.334 e. The number of rotatable bonds is 5. The van der Waals surface area contributed by atoms with Crippen molar-refractivity contribution in [1.82, 2.24) is 0 Å². The summed E-state index contributed by atoms with van der Waals surface area (Å²) in [5.41, 5.74) is 21.5. The van der Waals surface area contributed by atoms with Crippen molar-refractivity contribution in [2.24, 2.45) is 5.92 Å². The van der Waals surface area contributed by atoms with Crippen molar-refractivity contribution in [2.75, 3.05) is 4.90 Å². The summed E-state index contributed by atoms with van der Waals surface area (Å²) in [6, 6.07) is 41.5. The van der Waals surface area contributed by atoms with Gasteiger partial charge in [-0.25, -0.2) is 0 Å². The third kappa shape index (κ3) is 5.44. The summed E-state index contributed by atoms with van der Waals surface area (Å²) in [7, 11) is 0. The van der Waals surface area contributed by atoms with Crippen LogP contribution in [0.4, 0.5) is 5.69 Å². The van der Waals surface area contributed by atoms with Gasteiger partial charge in [0.25, 0.3) is 0 Å². The normalized spacial score (nSPS) is 24.7. The van der Waals surface area contributed by atoms with Crippen molar-refractivity contribution in [3.05, 3.63) is 244 Å².